The molecular weight excluding hydrogens is 210 g/mol. The molecule has 0 spiro atoms. The Kier molecular flexibility index (Phi) is 3.96. The van der Waals surface area contributed by atoms with Crippen LogP contribution in [0.5, 0.6) is 0 Å². The zero-order valence-corrected chi connectivity index (χ0v) is 10.3. The van der Waals surface area contributed by atoms with E-state index in [-0.39, 0.29) is 4.75 Å². The normalized spacial score (nSPS) is 11.1. The van der Waals surface area contributed by atoms with E-state index in [0.29, 0.717) is 0 Å². The summed E-state index contributed by atoms with van der Waals surface area (Å²) in [6, 6.07) is 10.00. The van der Waals surface area contributed by atoms with E-state index in [1.165, 1.54) is 0 Å². The molecule has 1 nitrogen and oxygen atoms in total. The molecule has 14 heavy (non-hydrogen) atoms. The van der Waals surface area contributed by atoms with Gasteiger partial charge in [0.05, 0.1) is 0 Å². The summed E-state index contributed by atoms with van der Waals surface area (Å²) < 4.78 is 0.988. The molecule has 0 aromatic heterocycles. The molecule has 0 fully saturated rings. The minimum absolute atomic E-state index is 0.166. The number of nitrogens with one attached hydrogen (secondary N) is 1. The summed E-state index contributed by atoms with van der Waals surface area (Å²) in [5, 5.41) is 3.19. The fourth-order valence-electron chi connectivity index (χ4n) is 0.943. The topological polar surface area (TPSA) is 12.0 Å². The highest BCUT2D eigenvalue weighted by molar-refractivity contribution is 8.24. The number of thiocarbonyl (C=S) groups is 1. The largest absolute Gasteiger partial charge is 0.341 e. The third-order valence-electron chi connectivity index (χ3n) is 1.42. The first-order valence-corrected chi connectivity index (χ1v) is 5.75. The average molecular weight is 225 g/mol. The van der Waals surface area contributed by atoms with Gasteiger partial charge in [-0.05, 0) is 12.1 Å². The van der Waals surface area contributed by atoms with Gasteiger partial charge in [0, 0.05) is 10.4 Å². The second-order valence-corrected chi connectivity index (χ2v) is 6.50. The van der Waals surface area contributed by atoms with Gasteiger partial charge < -0.3 is 5.32 Å². The van der Waals surface area contributed by atoms with Gasteiger partial charge >= 0.3 is 0 Å². The van der Waals surface area contributed by atoms with Gasteiger partial charge in [-0.25, -0.2) is 0 Å². The second-order valence-electron chi connectivity index (χ2n) is 3.99. The van der Waals surface area contributed by atoms with E-state index in [4.69, 9.17) is 12.2 Å². The maximum absolute atomic E-state index is 5.24. The Balaban J connectivity index is 2.50. The van der Waals surface area contributed by atoms with Crippen LogP contribution in [0.1, 0.15) is 20.8 Å². The fourth-order valence-corrected chi connectivity index (χ4v) is 2.54. The van der Waals surface area contributed by atoms with E-state index in [1.54, 1.807) is 11.8 Å². The van der Waals surface area contributed by atoms with E-state index in [0.717, 1.165) is 10.0 Å². The van der Waals surface area contributed by atoms with Crippen LogP contribution in [-0.2, 0) is 0 Å². The van der Waals surface area contributed by atoms with E-state index in [9.17, 15) is 0 Å². The standard InChI is InChI=1S/C11H15NS2/c1-11(2,3)14-10(13)12-9-7-5-4-6-8-9/h4-8H,1-3H3,(H,12,13). The number of hydrogen-bond donors (Lipinski definition) is 1. The second kappa shape index (κ2) is 4.80. The smallest absolute Gasteiger partial charge is 0.138 e. The Hall–Kier alpha value is -0.540. The predicted octanol–water partition coefficient (Wildman–Crippen LogP) is 3.92. The average Bonchev–Trinajstić information content (AvgIpc) is 2.02. The first kappa shape index (κ1) is 11.5. The van der Waals surface area contributed by atoms with Crippen LogP contribution in [0, 0.1) is 0 Å². The molecule has 1 N–H and O–H groups in total. The summed E-state index contributed by atoms with van der Waals surface area (Å²) in [5.41, 5.74) is 1.05. The zero-order valence-electron chi connectivity index (χ0n) is 8.70. The van der Waals surface area contributed by atoms with Crippen LogP contribution >= 0.6 is 24.0 Å². The lowest BCUT2D eigenvalue weighted by atomic mass is 10.3. The highest BCUT2D eigenvalue weighted by Crippen LogP contribution is 2.25. The van der Waals surface area contributed by atoms with Crippen molar-refractivity contribution in [1.82, 2.24) is 0 Å². The molecule has 0 aliphatic carbocycles. The molecule has 0 aliphatic rings. The highest BCUT2D eigenvalue weighted by Gasteiger charge is 2.13. The summed E-state index contributed by atoms with van der Waals surface area (Å²) in [7, 11) is 0. The number of para-hydroxylation sites is 1. The number of thioether (sulfide) groups is 1. The molecule has 1 aromatic carbocycles. The van der Waals surface area contributed by atoms with Gasteiger partial charge in [-0.2, -0.15) is 0 Å². The molecular formula is C11H15NS2. The van der Waals surface area contributed by atoms with Gasteiger partial charge in [0.25, 0.3) is 0 Å². The summed E-state index contributed by atoms with van der Waals surface area (Å²) in [6.07, 6.45) is 0. The Morgan fingerprint density at radius 3 is 2.29 bits per heavy atom. The summed E-state index contributed by atoms with van der Waals surface area (Å²) in [6.45, 7) is 6.45. The van der Waals surface area contributed by atoms with Crippen LogP contribution in [0.3, 0.4) is 0 Å². The van der Waals surface area contributed by atoms with Crippen molar-refractivity contribution in [2.75, 3.05) is 5.32 Å². The van der Waals surface area contributed by atoms with Crippen molar-refractivity contribution in [2.24, 2.45) is 0 Å². The van der Waals surface area contributed by atoms with Gasteiger partial charge in [-0.3, -0.25) is 0 Å². The first-order valence-electron chi connectivity index (χ1n) is 4.52. The van der Waals surface area contributed by atoms with Crippen LogP contribution < -0.4 is 5.32 Å². The minimum atomic E-state index is 0.166. The maximum atomic E-state index is 5.24. The fraction of sp³-hybridized carbons (Fsp3) is 0.364. The van der Waals surface area contributed by atoms with Gasteiger partial charge in [-0.1, -0.05) is 63.0 Å². The molecule has 0 radical (unpaired) electrons. The quantitative estimate of drug-likeness (QED) is 0.728. The van der Waals surface area contributed by atoms with Crippen molar-refractivity contribution in [2.45, 2.75) is 25.5 Å². The molecule has 0 saturated heterocycles. The molecule has 0 aliphatic heterocycles. The van der Waals surface area contributed by atoms with E-state index in [1.807, 2.05) is 30.3 Å². The monoisotopic (exact) mass is 225 g/mol. The third-order valence-corrected chi connectivity index (χ3v) is 2.67. The van der Waals surface area contributed by atoms with Gasteiger partial charge in [0.2, 0.25) is 0 Å². The van der Waals surface area contributed by atoms with Gasteiger partial charge in [0.15, 0.2) is 0 Å². The van der Waals surface area contributed by atoms with Crippen molar-refractivity contribution in [3.8, 4) is 0 Å². The SMILES string of the molecule is CC(C)(C)SC(=S)Nc1ccccc1. The Bertz CT molecular complexity index is 301. The summed E-state index contributed by atoms with van der Waals surface area (Å²) in [4.78, 5) is 0. The summed E-state index contributed by atoms with van der Waals surface area (Å²) in [5.74, 6) is 0. The van der Waals surface area contributed by atoms with Crippen LogP contribution in [-0.4, -0.2) is 9.07 Å². The highest BCUT2D eigenvalue weighted by atomic mass is 32.2. The molecule has 0 atom stereocenters. The Morgan fingerprint density at radius 2 is 1.79 bits per heavy atom. The van der Waals surface area contributed by atoms with Crippen LogP contribution in [0.15, 0.2) is 30.3 Å². The van der Waals surface area contributed by atoms with Crippen molar-refractivity contribution >= 4 is 34.0 Å². The summed E-state index contributed by atoms with van der Waals surface area (Å²) >= 11 is 6.91. The predicted molar refractivity (Wildman–Crippen MR) is 70.0 cm³/mol. The first-order chi connectivity index (χ1) is 6.47. The molecule has 0 unspecified atom stereocenters. The molecule has 76 valence electrons. The number of benzene rings is 1. The van der Waals surface area contributed by atoms with Crippen molar-refractivity contribution < 1.29 is 0 Å². The van der Waals surface area contributed by atoms with Crippen molar-refractivity contribution in [1.29, 1.82) is 0 Å². The lowest BCUT2D eigenvalue weighted by molar-refractivity contribution is 0.809. The van der Waals surface area contributed by atoms with Gasteiger partial charge in [0.1, 0.15) is 4.32 Å². The van der Waals surface area contributed by atoms with Gasteiger partial charge in [-0.15, -0.1) is 0 Å². The Labute approximate surface area is 95.3 Å². The molecule has 3 heteroatoms. The minimum Gasteiger partial charge on any atom is -0.341 e. The third kappa shape index (κ3) is 4.63. The molecule has 0 saturated carbocycles. The lowest BCUT2D eigenvalue weighted by Crippen LogP contribution is -2.15. The van der Waals surface area contributed by atoms with Crippen molar-refractivity contribution in [3.05, 3.63) is 30.3 Å². The maximum Gasteiger partial charge on any atom is 0.138 e. The number of hydrogen-bond acceptors (Lipinski definition) is 2. The van der Waals surface area contributed by atoms with E-state index in [2.05, 4.69) is 26.1 Å². The van der Waals surface area contributed by atoms with E-state index >= 15 is 0 Å². The van der Waals surface area contributed by atoms with Crippen LogP contribution in [0.4, 0.5) is 5.69 Å². The van der Waals surface area contributed by atoms with Crippen LogP contribution in [0.2, 0.25) is 0 Å². The molecule has 0 amide bonds. The molecule has 0 heterocycles. The molecule has 1 rings (SSSR count). The Morgan fingerprint density at radius 1 is 1.21 bits per heavy atom. The van der Waals surface area contributed by atoms with Crippen molar-refractivity contribution in [3.63, 3.8) is 0 Å². The zero-order chi connectivity index (χ0) is 10.6. The van der Waals surface area contributed by atoms with E-state index < -0.39 is 0 Å². The number of anilines is 1. The molecule has 0 bridgehead atoms. The molecule has 1 aromatic rings. The number of rotatable bonds is 1. The lowest BCUT2D eigenvalue weighted by Gasteiger charge is -2.18. The van der Waals surface area contributed by atoms with Crippen LogP contribution in [0.25, 0.3) is 0 Å².